The maximum atomic E-state index is 12.4. The quantitative estimate of drug-likeness (QED) is 0.337. The summed E-state index contributed by atoms with van der Waals surface area (Å²) in [5, 5.41) is 12.0. The van der Waals surface area contributed by atoms with Crippen LogP contribution in [0.5, 0.6) is 11.5 Å². The first-order valence-corrected chi connectivity index (χ1v) is 11.9. The van der Waals surface area contributed by atoms with Gasteiger partial charge in [-0.05, 0) is 42.8 Å². The predicted molar refractivity (Wildman–Crippen MR) is 139 cm³/mol. The number of anilines is 2. The number of nitrogens with zero attached hydrogens (tertiary/aromatic N) is 3. The molecule has 0 bridgehead atoms. The number of aromatic nitrogens is 4. The fourth-order valence-corrected chi connectivity index (χ4v) is 3.27. The van der Waals surface area contributed by atoms with Crippen LogP contribution in [0.1, 0.15) is 47.3 Å². The molecule has 2 aromatic carbocycles. The molecule has 1 fully saturated rings. The van der Waals surface area contributed by atoms with Gasteiger partial charge in [-0.3, -0.25) is 9.55 Å². The molecule has 2 aromatic heterocycles. The molecule has 0 aliphatic heterocycles. The van der Waals surface area contributed by atoms with E-state index in [2.05, 4.69) is 20.3 Å². The molecule has 0 amide bonds. The largest absolute Gasteiger partial charge is 0.477 e. The highest BCUT2D eigenvalue weighted by Crippen LogP contribution is 2.24. The van der Waals surface area contributed by atoms with Crippen molar-refractivity contribution >= 4 is 17.6 Å². The van der Waals surface area contributed by atoms with E-state index in [0.29, 0.717) is 17.2 Å². The number of ether oxygens (including phenoxy) is 1. The van der Waals surface area contributed by atoms with Gasteiger partial charge in [-0.15, -0.1) is 0 Å². The number of nitrogens with one attached hydrogen (secondary N) is 2. The normalized spacial score (nSPS) is 12.0. The summed E-state index contributed by atoms with van der Waals surface area (Å²) >= 11 is 0. The Kier molecular flexibility index (Phi) is 8.09. The summed E-state index contributed by atoms with van der Waals surface area (Å²) in [7, 11) is 0. The van der Waals surface area contributed by atoms with Gasteiger partial charge in [0, 0.05) is 18.0 Å². The monoisotopic (exact) mass is 501 g/mol. The first-order valence-electron chi connectivity index (χ1n) is 11.9. The molecule has 3 N–H and O–H groups in total. The maximum Gasteiger partial charge on any atom is 0.354 e. The van der Waals surface area contributed by atoms with Crippen molar-refractivity contribution in [2.75, 3.05) is 5.32 Å². The van der Waals surface area contributed by atoms with E-state index in [-0.39, 0.29) is 18.2 Å². The molecule has 2 heterocycles. The minimum atomic E-state index is -1.15. The van der Waals surface area contributed by atoms with Gasteiger partial charge in [0.15, 0.2) is 5.69 Å². The number of carbonyl (C=O) groups is 1. The van der Waals surface area contributed by atoms with Crippen molar-refractivity contribution in [3.8, 4) is 11.5 Å². The van der Waals surface area contributed by atoms with Gasteiger partial charge < -0.3 is 15.2 Å². The lowest BCUT2D eigenvalue weighted by molar-refractivity contribution is 0.0690. The van der Waals surface area contributed by atoms with Crippen LogP contribution in [0.25, 0.3) is 0 Å². The third-order valence-electron chi connectivity index (χ3n) is 5.68. The molecule has 0 saturated heterocycles. The fraction of sp³-hybridized carbons (Fsp3) is 0.222. The summed E-state index contributed by atoms with van der Waals surface area (Å²) in [5.41, 5.74) is 1.08. The van der Waals surface area contributed by atoms with Crippen LogP contribution in [-0.4, -0.2) is 30.6 Å². The zero-order chi connectivity index (χ0) is 26.2. The number of benzene rings is 2. The Hall–Kier alpha value is -4.73. The molecule has 1 saturated carbocycles. The average Bonchev–Trinajstić information content (AvgIpc) is 2.83. The lowest BCUT2D eigenvalue weighted by atomic mass is 10.0. The second-order valence-corrected chi connectivity index (χ2v) is 8.59. The van der Waals surface area contributed by atoms with Crippen LogP contribution in [0.2, 0.25) is 0 Å². The van der Waals surface area contributed by atoms with Crippen LogP contribution >= 0.6 is 0 Å². The van der Waals surface area contributed by atoms with Crippen molar-refractivity contribution in [2.45, 2.75) is 39.2 Å². The van der Waals surface area contributed by atoms with Crippen molar-refractivity contribution in [3.05, 3.63) is 105 Å². The highest BCUT2D eigenvalue weighted by Gasteiger charge is 2.10. The molecule has 190 valence electrons. The zero-order valence-electron chi connectivity index (χ0n) is 20.3. The average molecular weight is 502 g/mol. The number of carboxylic acid groups (broad SMARTS) is 1. The van der Waals surface area contributed by atoms with Crippen molar-refractivity contribution in [1.29, 1.82) is 0 Å². The Balaban J connectivity index is 0.000000730. The van der Waals surface area contributed by atoms with Gasteiger partial charge in [-0.1, -0.05) is 55.5 Å². The molecule has 5 rings (SSSR count). The summed E-state index contributed by atoms with van der Waals surface area (Å²) < 4.78 is 7.00. The number of rotatable bonds is 7. The topological polar surface area (TPSA) is 139 Å². The summed E-state index contributed by atoms with van der Waals surface area (Å²) in [4.78, 5) is 45.1. The summed E-state index contributed by atoms with van der Waals surface area (Å²) in [6, 6.07) is 17.2. The van der Waals surface area contributed by atoms with Crippen LogP contribution < -0.4 is 21.4 Å². The first-order chi connectivity index (χ1) is 17.9. The number of hydrogen-bond donors (Lipinski definition) is 3. The fourth-order valence-electron chi connectivity index (χ4n) is 3.27. The molecule has 0 atom stereocenters. The van der Waals surface area contributed by atoms with E-state index >= 15 is 0 Å². The van der Waals surface area contributed by atoms with Gasteiger partial charge in [-0.25, -0.2) is 19.4 Å². The molecular formula is C27H27N5O5. The second-order valence-electron chi connectivity index (χ2n) is 8.59. The van der Waals surface area contributed by atoms with E-state index in [1.54, 1.807) is 30.3 Å². The zero-order valence-corrected chi connectivity index (χ0v) is 20.3. The third-order valence-corrected chi connectivity index (χ3v) is 5.68. The van der Waals surface area contributed by atoms with Crippen LogP contribution in [0.3, 0.4) is 0 Å². The molecule has 0 spiro atoms. The van der Waals surface area contributed by atoms with E-state index in [0.717, 1.165) is 11.1 Å². The van der Waals surface area contributed by atoms with Crippen LogP contribution in [0.4, 0.5) is 11.6 Å². The number of carboxylic acids is 1. The molecule has 10 heteroatoms. The van der Waals surface area contributed by atoms with Crippen molar-refractivity contribution in [2.24, 2.45) is 0 Å². The van der Waals surface area contributed by atoms with Crippen molar-refractivity contribution < 1.29 is 14.6 Å². The third kappa shape index (κ3) is 7.14. The lowest BCUT2D eigenvalue weighted by Gasteiger charge is -2.13. The number of pyridine rings is 1. The lowest BCUT2D eigenvalue weighted by Crippen LogP contribution is -2.34. The smallest absolute Gasteiger partial charge is 0.354 e. The van der Waals surface area contributed by atoms with Crippen LogP contribution in [-0.2, 0) is 6.54 Å². The summed E-state index contributed by atoms with van der Waals surface area (Å²) in [6.45, 7) is 2.19. The Bertz CT molecular complexity index is 1470. The molecule has 1 aliphatic carbocycles. The molecule has 1 aliphatic rings. The molecular weight excluding hydrogens is 474 g/mol. The molecule has 0 radical (unpaired) electrons. The number of aromatic carboxylic acids is 1. The second kappa shape index (κ2) is 11.8. The Morgan fingerprint density at radius 2 is 1.68 bits per heavy atom. The summed E-state index contributed by atoms with van der Waals surface area (Å²) in [6.07, 6.45) is 7.35. The van der Waals surface area contributed by atoms with Gasteiger partial charge in [0.25, 0.3) is 0 Å². The van der Waals surface area contributed by atoms with Gasteiger partial charge in [0.05, 0.1) is 6.54 Å². The maximum absolute atomic E-state index is 12.4. The number of H-pyrrole nitrogens is 1. The molecule has 0 unspecified atom stereocenters. The van der Waals surface area contributed by atoms with E-state index in [4.69, 9.17) is 9.84 Å². The summed E-state index contributed by atoms with van der Waals surface area (Å²) in [5.74, 6) is -0.273. The number of aryl methyl sites for hydroxylation is 1. The van der Waals surface area contributed by atoms with Crippen LogP contribution in [0.15, 0.2) is 76.4 Å². The number of aromatic amines is 1. The van der Waals surface area contributed by atoms with Crippen LogP contribution in [0, 0.1) is 6.92 Å². The predicted octanol–water partition coefficient (Wildman–Crippen LogP) is 4.48. The van der Waals surface area contributed by atoms with E-state index in [1.807, 2.05) is 31.2 Å². The first kappa shape index (κ1) is 25.4. The molecule has 37 heavy (non-hydrogen) atoms. The Labute approximate surface area is 212 Å². The van der Waals surface area contributed by atoms with Gasteiger partial charge in [0.1, 0.15) is 11.5 Å². The van der Waals surface area contributed by atoms with Crippen molar-refractivity contribution in [1.82, 2.24) is 19.5 Å². The minimum absolute atomic E-state index is 0.0956. The Morgan fingerprint density at radius 1 is 1.00 bits per heavy atom. The van der Waals surface area contributed by atoms with Gasteiger partial charge in [0.2, 0.25) is 5.95 Å². The van der Waals surface area contributed by atoms with Gasteiger partial charge >= 0.3 is 17.3 Å². The highest BCUT2D eigenvalue weighted by molar-refractivity contribution is 5.85. The van der Waals surface area contributed by atoms with Crippen molar-refractivity contribution in [3.63, 3.8) is 0 Å². The molecule has 10 nitrogen and oxygen atoms in total. The SMILES string of the molecule is C1CCC1.Cc1ccc(Cn2c(Nc3ccc(Oc4ccnc(C(=O)O)c4)cc3)nc(=O)[nH]c2=O)cc1. The van der Waals surface area contributed by atoms with Gasteiger partial charge in [-0.2, -0.15) is 4.98 Å². The standard InChI is InChI=1S/C23H19N5O5.C4H8/c1-14-2-4-15(5-3-14)13-28-21(26-22(31)27-23(28)32)25-16-6-8-17(9-7-16)33-18-10-11-24-19(12-18)20(29)30;1-2-4-3-1/h2-12H,13H2,1H3,(H,29,30)(H2,25,26,27,31,32);1-4H2. The number of hydrogen-bond acceptors (Lipinski definition) is 7. The Morgan fingerprint density at radius 3 is 2.30 bits per heavy atom. The highest BCUT2D eigenvalue weighted by atomic mass is 16.5. The minimum Gasteiger partial charge on any atom is -0.477 e. The van der Waals surface area contributed by atoms with E-state index in [9.17, 15) is 14.4 Å². The molecule has 4 aromatic rings. The van der Waals surface area contributed by atoms with E-state index < -0.39 is 17.3 Å². The van der Waals surface area contributed by atoms with E-state index in [1.165, 1.54) is 42.5 Å².